The first-order chi connectivity index (χ1) is 7.06. The van der Waals surface area contributed by atoms with E-state index in [1.165, 1.54) is 6.07 Å². The van der Waals surface area contributed by atoms with Crippen molar-refractivity contribution in [1.82, 2.24) is 5.32 Å². The Hall–Kier alpha value is -1.22. The normalized spacial score (nSPS) is 14.7. The van der Waals surface area contributed by atoms with Gasteiger partial charge in [-0.25, -0.2) is 8.78 Å². The zero-order valence-electron chi connectivity index (χ0n) is 8.93. The molecular weight excluding hydrogens is 196 g/mol. The Balaban J connectivity index is 2.86. The van der Waals surface area contributed by atoms with E-state index in [9.17, 15) is 8.78 Å². The number of benzene rings is 1. The van der Waals surface area contributed by atoms with Gasteiger partial charge in [0.15, 0.2) is 11.6 Å². The van der Waals surface area contributed by atoms with E-state index in [0.717, 1.165) is 6.07 Å². The zero-order valence-corrected chi connectivity index (χ0v) is 8.93. The number of halogens is 2. The van der Waals surface area contributed by atoms with E-state index in [-0.39, 0.29) is 12.1 Å². The molecule has 0 aliphatic rings. The summed E-state index contributed by atoms with van der Waals surface area (Å²) in [5, 5.41) is 3.09. The molecule has 0 heterocycles. The third kappa shape index (κ3) is 2.86. The minimum atomic E-state index is -0.813. The van der Waals surface area contributed by atoms with Crippen LogP contribution in [0.15, 0.2) is 30.9 Å². The van der Waals surface area contributed by atoms with Crippen LogP contribution >= 0.6 is 0 Å². The quantitative estimate of drug-likeness (QED) is 0.754. The van der Waals surface area contributed by atoms with Crippen LogP contribution < -0.4 is 5.32 Å². The molecule has 1 N–H and O–H groups in total. The molecule has 2 atom stereocenters. The van der Waals surface area contributed by atoms with Gasteiger partial charge in [-0.15, -0.1) is 6.58 Å². The van der Waals surface area contributed by atoms with Crippen molar-refractivity contribution < 1.29 is 8.78 Å². The number of hydrogen-bond acceptors (Lipinski definition) is 1. The Kier molecular flexibility index (Phi) is 3.97. The molecule has 0 bridgehead atoms. The summed E-state index contributed by atoms with van der Waals surface area (Å²) >= 11 is 0. The maximum Gasteiger partial charge on any atom is 0.163 e. The third-order valence-electron chi connectivity index (χ3n) is 2.31. The summed E-state index contributed by atoms with van der Waals surface area (Å²) in [6, 6.07) is 4.01. The molecule has 1 nitrogen and oxygen atoms in total. The van der Waals surface area contributed by atoms with Crippen molar-refractivity contribution in [3.8, 4) is 0 Å². The minimum absolute atomic E-state index is 0.0580. The Morgan fingerprint density at radius 1 is 1.33 bits per heavy atom. The van der Waals surface area contributed by atoms with Crippen molar-refractivity contribution in [2.75, 3.05) is 0 Å². The van der Waals surface area contributed by atoms with E-state index in [0.29, 0.717) is 5.56 Å². The summed E-state index contributed by atoms with van der Waals surface area (Å²) in [6.45, 7) is 7.31. The summed E-state index contributed by atoms with van der Waals surface area (Å²) in [4.78, 5) is 0. The highest BCUT2D eigenvalue weighted by Gasteiger charge is 2.14. The molecule has 0 saturated carbocycles. The molecule has 0 aromatic heterocycles. The summed E-state index contributed by atoms with van der Waals surface area (Å²) < 4.78 is 26.3. The molecule has 0 aliphatic carbocycles. The van der Waals surface area contributed by atoms with Crippen LogP contribution in [0.2, 0.25) is 0 Å². The summed E-state index contributed by atoms with van der Waals surface area (Å²) in [7, 11) is 0. The molecular formula is C12H15F2N. The highest BCUT2D eigenvalue weighted by Crippen LogP contribution is 2.19. The van der Waals surface area contributed by atoms with E-state index >= 15 is 0 Å². The Bertz CT molecular complexity index is 349. The molecule has 82 valence electrons. The predicted molar refractivity (Wildman–Crippen MR) is 57.6 cm³/mol. The Labute approximate surface area is 88.8 Å². The van der Waals surface area contributed by atoms with Crippen LogP contribution in [-0.4, -0.2) is 6.04 Å². The lowest BCUT2D eigenvalue weighted by molar-refractivity contribution is 0.464. The first-order valence-corrected chi connectivity index (χ1v) is 4.88. The maximum atomic E-state index is 13.4. The van der Waals surface area contributed by atoms with Gasteiger partial charge in [-0.2, -0.15) is 0 Å². The van der Waals surface area contributed by atoms with Crippen LogP contribution in [0.1, 0.15) is 25.5 Å². The van der Waals surface area contributed by atoms with Crippen LogP contribution in [0.25, 0.3) is 0 Å². The first-order valence-electron chi connectivity index (χ1n) is 4.88. The van der Waals surface area contributed by atoms with Gasteiger partial charge in [0.25, 0.3) is 0 Å². The average molecular weight is 211 g/mol. The second kappa shape index (κ2) is 5.03. The predicted octanol–water partition coefficient (Wildman–Crippen LogP) is 3.19. The lowest BCUT2D eigenvalue weighted by atomic mass is 10.1. The van der Waals surface area contributed by atoms with Gasteiger partial charge in [0.1, 0.15) is 0 Å². The monoisotopic (exact) mass is 211 g/mol. The van der Waals surface area contributed by atoms with Crippen molar-refractivity contribution >= 4 is 0 Å². The number of hydrogen-bond donors (Lipinski definition) is 1. The van der Waals surface area contributed by atoms with Gasteiger partial charge >= 0.3 is 0 Å². The molecule has 0 aliphatic heterocycles. The van der Waals surface area contributed by atoms with Crippen molar-refractivity contribution in [3.63, 3.8) is 0 Å². The molecule has 0 radical (unpaired) electrons. The largest absolute Gasteiger partial charge is 0.304 e. The zero-order chi connectivity index (χ0) is 11.4. The van der Waals surface area contributed by atoms with Gasteiger partial charge in [0, 0.05) is 17.6 Å². The van der Waals surface area contributed by atoms with Crippen molar-refractivity contribution in [3.05, 3.63) is 48.1 Å². The molecule has 1 aromatic rings. The second-order valence-corrected chi connectivity index (χ2v) is 3.56. The van der Waals surface area contributed by atoms with Gasteiger partial charge < -0.3 is 5.32 Å². The van der Waals surface area contributed by atoms with E-state index in [2.05, 4.69) is 11.9 Å². The molecule has 2 unspecified atom stereocenters. The molecule has 0 fully saturated rings. The van der Waals surface area contributed by atoms with Crippen molar-refractivity contribution in [2.45, 2.75) is 25.9 Å². The SMILES string of the molecule is C=CC(C)NC(C)c1cccc(F)c1F. The topological polar surface area (TPSA) is 12.0 Å². The summed E-state index contributed by atoms with van der Waals surface area (Å²) in [5.74, 6) is -1.60. The third-order valence-corrected chi connectivity index (χ3v) is 2.31. The maximum absolute atomic E-state index is 13.4. The van der Waals surface area contributed by atoms with E-state index < -0.39 is 11.6 Å². The van der Waals surface area contributed by atoms with Gasteiger partial charge in [-0.05, 0) is 19.9 Å². The fraction of sp³-hybridized carbons (Fsp3) is 0.333. The summed E-state index contributed by atoms with van der Waals surface area (Å²) in [5.41, 5.74) is 0.337. The van der Waals surface area contributed by atoms with Crippen LogP contribution in [0.4, 0.5) is 8.78 Å². The van der Waals surface area contributed by atoms with Crippen molar-refractivity contribution in [2.24, 2.45) is 0 Å². The molecule has 0 spiro atoms. The number of rotatable bonds is 4. The average Bonchev–Trinajstić information content (AvgIpc) is 2.21. The Morgan fingerprint density at radius 2 is 2.00 bits per heavy atom. The van der Waals surface area contributed by atoms with Crippen LogP contribution in [0.5, 0.6) is 0 Å². The van der Waals surface area contributed by atoms with Gasteiger partial charge in [-0.1, -0.05) is 18.2 Å². The Morgan fingerprint density at radius 3 is 2.60 bits per heavy atom. The van der Waals surface area contributed by atoms with Crippen LogP contribution in [0.3, 0.4) is 0 Å². The number of nitrogens with one attached hydrogen (secondary N) is 1. The standard InChI is InChI=1S/C12H15F2N/c1-4-8(2)15-9(3)10-6-5-7-11(13)12(10)14/h4-9,15H,1H2,2-3H3. The molecule has 1 rings (SSSR count). The second-order valence-electron chi connectivity index (χ2n) is 3.56. The van der Waals surface area contributed by atoms with Gasteiger partial charge in [0.2, 0.25) is 0 Å². The fourth-order valence-corrected chi connectivity index (χ4v) is 1.41. The van der Waals surface area contributed by atoms with Crippen molar-refractivity contribution in [1.29, 1.82) is 0 Å². The lowest BCUT2D eigenvalue weighted by Crippen LogP contribution is -2.27. The minimum Gasteiger partial charge on any atom is -0.304 e. The molecule has 0 amide bonds. The summed E-state index contributed by atoms with van der Waals surface area (Å²) in [6.07, 6.45) is 1.72. The van der Waals surface area contributed by atoms with E-state index in [1.54, 1.807) is 19.1 Å². The fourth-order valence-electron chi connectivity index (χ4n) is 1.41. The van der Waals surface area contributed by atoms with E-state index in [4.69, 9.17) is 0 Å². The molecule has 1 aromatic carbocycles. The molecule has 3 heteroatoms. The highest BCUT2D eigenvalue weighted by molar-refractivity contribution is 5.22. The van der Waals surface area contributed by atoms with Crippen LogP contribution in [0, 0.1) is 11.6 Å². The molecule has 15 heavy (non-hydrogen) atoms. The highest BCUT2D eigenvalue weighted by atomic mass is 19.2. The van der Waals surface area contributed by atoms with Gasteiger partial charge in [-0.3, -0.25) is 0 Å². The van der Waals surface area contributed by atoms with E-state index in [1.807, 2.05) is 6.92 Å². The van der Waals surface area contributed by atoms with Gasteiger partial charge in [0.05, 0.1) is 0 Å². The smallest absolute Gasteiger partial charge is 0.163 e. The first kappa shape index (κ1) is 11.9. The lowest BCUT2D eigenvalue weighted by Gasteiger charge is -2.18. The van der Waals surface area contributed by atoms with Crippen LogP contribution in [-0.2, 0) is 0 Å². The molecule has 0 saturated heterocycles.